The molecule has 0 saturated carbocycles. The molecule has 0 amide bonds. The van der Waals surface area contributed by atoms with E-state index in [1.54, 1.807) is 0 Å². The van der Waals surface area contributed by atoms with Crippen LogP contribution in [-0.2, 0) is 0 Å². The Morgan fingerprint density at radius 3 is 1.57 bits per heavy atom. The number of halogens is 1. The number of hydrogen-bond donors (Lipinski definition) is 3. The predicted molar refractivity (Wildman–Crippen MR) is 49.3 cm³/mol. The summed E-state index contributed by atoms with van der Waals surface area (Å²) in [6.45, 7) is 0. The van der Waals surface area contributed by atoms with Crippen LogP contribution in [0.5, 0.6) is 5.75 Å². The third-order valence-corrected chi connectivity index (χ3v) is 1.41. The molecule has 0 radical (unpaired) electrons. The summed E-state index contributed by atoms with van der Waals surface area (Å²) >= 11 is 0. The topological polar surface area (TPSA) is 94.8 Å². The van der Waals surface area contributed by atoms with Gasteiger partial charge in [0.1, 0.15) is 5.75 Å². The molecule has 5 nitrogen and oxygen atoms in total. The fourth-order valence-electron chi connectivity index (χ4n) is 0.858. The van der Waals surface area contributed by atoms with Gasteiger partial charge in [-0.2, -0.15) is 0 Å². The van der Waals surface area contributed by atoms with E-state index in [-0.39, 0.29) is 29.3 Å². The van der Waals surface area contributed by atoms with Crippen LogP contribution in [0.2, 0.25) is 0 Å². The minimum Gasteiger partial charge on any atom is -0.508 e. The molecule has 0 spiro atoms. The zero-order valence-electron chi connectivity index (χ0n) is 6.80. The molecule has 1 rings (SSSR count). The Bertz CT molecular complexity index is 342. The van der Waals surface area contributed by atoms with E-state index in [4.69, 9.17) is 15.3 Å². The zero-order valence-corrected chi connectivity index (χ0v) is 7.61. The summed E-state index contributed by atoms with van der Waals surface area (Å²) in [5.74, 6) is -2.94. The highest BCUT2D eigenvalue weighted by Gasteiger charge is 2.10. The minimum absolute atomic E-state index is 0. The first kappa shape index (κ1) is 12.2. The predicted octanol–water partition coefficient (Wildman–Crippen LogP) is 1.21. The number of carbonyl (C=O) groups is 2. The van der Waals surface area contributed by atoms with Crippen molar-refractivity contribution >= 4 is 24.3 Å². The first-order chi connectivity index (χ1) is 6.00. The van der Waals surface area contributed by atoms with Crippen LogP contribution >= 0.6 is 12.4 Å². The van der Waals surface area contributed by atoms with Gasteiger partial charge in [-0.3, -0.25) is 0 Å². The van der Waals surface area contributed by atoms with Gasteiger partial charge in [-0.25, -0.2) is 9.59 Å². The Morgan fingerprint density at radius 1 is 0.929 bits per heavy atom. The van der Waals surface area contributed by atoms with E-state index in [9.17, 15) is 9.59 Å². The number of phenolic OH excluding ortho intramolecular Hbond substituents is 1. The number of carboxylic acids is 2. The number of hydrogen-bond acceptors (Lipinski definition) is 3. The lowest BCUT2D eigenvalue weighted by molar-refractivity contribution is 0.0696. The highest BCUT2D eigenvalue weighted by Crippen LogP contribution is 2.15. The van der Waals surface area contributed by atoms with Crippen LogP contribution in [0, 0.1) is 0 Å². The second-order valence-corrected chi connectivity index (χ2v) is 2.38. The van der Waals surface area contributed by atoms with Crippen molar-refractivity contribution in [3.8, 4) is 5.75 Å². The summed E-state index contributed by atoms with van der Waals surface area (Å²) in [5, 5.41) is 26.0. The number of carboxylic acid groups (broad SMARTS) is 2. The molecule has 0 aromatic heterocycles. The maximum Gasteiger partial charge on any atom is 0.335 e. The van der Waals surface area contributed by atoms with Gasteiger partial charge in [0.25, 0.3) is 0 Å². The first-order valence-electron chi connectivity index (χ1n) is 3.31. The Balaban J connectivity index is 0.00000169. The van der Waals surface area contributed by atoms with Crippen molar-refractivity contribution < 1.29 is 24.9 Å². The molecule has 14 heavy (non-hydrogen) atoms. The van der Waals surface area contributed by atoms with Gasteiger partial charge in [0.2, 0.25) is 0 Å². The molecule has 0 fully saturated rings. The second-order valence-electron chi connectivity index (χ2n) is 2.38. The lowest BCUT2D eigenvalue weighted by Crippen LogP contribution is -2.01. The Kier molecular flexibility index (Phi) is 3.92. The van der Waals surface area contributed by atoms with Gasteiger partial charge in [0.15, 0.2) is 0 Å². The van der Waals surface area contributed by atoms with E-state index >= 15 is 0 Å². The monoisotopic (exact) mass is 218 g/mol. The summed E-state index contributed by atoms with van der Waals surface area (Å²) < 4.78 is 0. The molecule has 0 aliphatic heterocycles. The third kappa shape index (κ3) is 2.63. The van der Waals surface area contributed by atoms with Crippen molar-refractivity contribution in [2.45, 2.75) is 0 Å². The van der Waals surface area contributed by atoms with Crippen molar-refractivity contribution in [2.24, 2.45) is 0 Å². The Labute approximate surface area is 85.0 Å². The van der Waals surface area contributed by atoms with Crippen LogP contribution in [-0.4, -0.2) is 27.3 Å². The second kappa shape index (κ2) is 4.48. The van der Waals surface area contributed by atoms with Crippen molar-refractivity contribution in [3.05, 3.63) is 29.3 Å². The fourth-order valence-corrected chi connectivity index (χ4v) is 0.858. The fraction of sp³-hybridized carbons (Fsp3) is 0. The molecular formula is C8H7ClO5. The smallest absolute Gasteiger partial charge is 0.335 e. The lowest BCUT2D eigenvalue weighted by Gasteiger charge is -1.98. The molecular weight excluding hydrogens is 212 g/mol. The molecule has 3 N–H and O–H groups in total. The standard InChI is InChI=1S/C8H6O5.ClH/c9-6-2-4(7(10)11)1-5(3-6)8(12)13;/h1-3,9H,(H,10,11)(H,12,13);1H. The zero-order chi connectivity index (χ0) is 10.0. The maximum absolute atomic E-state index is 10.4. The molecule has 0 aliphatic rings. The number of aromatic hydroxyl groups is 1. The van der Waals surface area contributed by atoms with Crippen LogP contribution in [0.15, 0.2) is 18.2 Å². The maximum atomic E-state index is 10.4. The quantitative estimate of drug-likeness (QED) is 0.694. The Hall–Kier alpha value is -1.75. The van der Waals surface area contributed by atoms with Crippen molar-refractivity contribution in [3.63, 3.8) is 0 Å². The van der Waals surface area contributed by atoms with Crippen molar-refractivity contribution in [2.75, 3.05) is 0 Å². The molecule has 0 saturated heterocycles. The molecule has 0 heterocycles. The van der Waals surface area contributed by atoms with Crippen LogP contribution in [0.1, 0.15) is 20.7 Å². The summed E-state index contributed by atoms with van der Waals surface area (Å²) in [5.41, 5.74) is -0.505. The first-order valence-corrected chi connectivity index (χ1v) is 3.31. The van der Waals surface area contributed by atoms with Crippen molar-refractivity contribution in [1.82, 2.24) is 0 Å². The average molecular weight is 219 g/mol. The van der Waals surface area contributed by atoms with E-state index in [1.807, 2.05) is 0 Å². The average Bonchev–Trinajstić information content (AvgIpc) is 2.03. The molecule has 1 aromatic carbocycles. The molecule has 1 aromatic rings. The molecule has 0 aliphatic carbocycles. The molecule has 0 bridgehead atoms. The summed E-state index contributed by atoms with van der Waals surface area (Å²) in [6, 6.07) is 2.94. The highest BCUT2D eigenvalue weighted by molar-refractivity contribution is 5.94. The molecule has 0 unspecified atom stereocenters. The van der Waals surface area contributed by atoms with Crippen LogP contribution in [0.3, 0.4) is 0 Å². The van der Waals surface area contributed by atoms with Crippen LogP contribution in [0.4, 0.5) is 0 Å². The molecule has 76 valence electrons. The van der Waals surface area contributed by atoms with Gasteiger partial charge in [-0.05, 0) is 18.2 Å². The minimum atomic E-state index is -1.28. The Morgan fingerprint density at radius 2 is 1.29 bits per heavy atom. The highest BCUT2D eigenvalue weighted by atomic mass is 35.5. The molecule has 0 atom stereocenters. The number of rotatable bonds is 2. The van der Waals surface area contributed by atoms with Gasteiger partial charge >= 0.3 is 11.9 Å². The number of benzene rings is 1. The van der Waals surface area contributed by atoms with Gasteiger partial charge in [0, 0.05) is 0 Å². The van der Waals surface area contributed by atoms with Gasteiger partial charge in [0.05, 0.1) is 11.1 Å². The summed E-state index contributed by atoms with van der Waals surface area (Å²) in [4.78, 5) is 20.8. The SMILES string of the molecule is Cl.O=C(O)c1cc(O)cc(C(=O)O)c1. The van der Waals surface area contributed by atoms with Crippen LogP contribution in [0.25, 0.3) is 0 Å². The third-order valence-electron chi connectivity index (χ3n) is 1.41. The molecule has 6 heteroatoms. The number of phenols is 1. The van der Waals surface area contributed by atoms with Crippen molar-refractivity contribution in [1.29, 1.82) is 0 Å². The summed E-state index contributed by atoms with van der Waals surface area (Å²) in [7, 11) is 0. The normalized spacial score (nSPS) is 8.86. The summed E-state index contributed by atoms with van der Waals surface area (Å²) in [6.07, 6.45) is 0. The van der Waals surface area contributed by atoms with E-state index in [2.05, 4.69) is 0 Å². The largest absolute Gasteiger partial charge is 0.508 e. The van der Waals surface area contributed by atoms with E-state index in [0.29, 0.717) is 0 Å². The van der Waals surface area contributed by atoms with Gasteiger partial charge in [-0.1, -0.05) is 0 Å². The number of aromatic carboxylic acids is 2. The van der Waals surface area contributed by atoms with E-state index in [0.717, 1.165) is 18.2 Å². The van der Waals surface area contributed by atoms with Crippen LogP contribution < -0.4 is 0 Å². The van der Waals surface area contributed by atoms with Gasteiger partial charge < -0.3 is 15.3 Å². The van der Waals surface area contributed by atoms with E-state index in [1.165, 1.54) is 0 Å². The van der Waals surface area contributed by atoms with E-state index < -0.39 is 11.9 Å². The lowest BCUT2D eigenvalue weighted by atomic mass is 10.1. The van der Waals surface area contributed by atoms with Gasteiger partial charge in [-0.15, -0.1) is 12.4 Å².